The highest BCUT2D eigenvalue weighted by molar-refractivity contribution is 5.80. The summed E-state index contributed by atoms with van der Waals surface area (Å²) in [5.74, 6) is -1.06. The van der Waals surface area contributed by atoms with Crippen LogP contribution in [0, 0.1) is 0 Å². The molecule has 2 aromatic carbocycles. The minimum Gasteiger partial charge on any atom is -0.480 e. The van der Waals surface area contributed by atoms with Crippen LogP contribution in [0.15, 0.2) is 61.2 Å². The van der Waals surface area contributed by atoms with Gasteiger partial charge in [0, 0.05) is 6.42 Å². The molecule has 0 spiro atoms. The van der Waals surface area contributed by atoms with Gasteiger partial charge in [-0.1, -0.05) is 67.3 Å². The van der Waals surface area contributed by atoms with Crippen molar-refractivity contribution in [1.82, 2.24) is 4.90 Å². The first-order chi connectivity index (χ1) is 13.6. The van der Waals surface area contributed by atoms with Crippen molar-refractivity contribution < 1.29 is 24.2 Å². The molecule has 1 amide bonds. The maximum Gasteiger partial charge on any atom is 0.410 e. The van der Waals surface area contributed by atoms with Crippen molar-refractivity contribution in [2.45, 2.75) is 31.8 Å². The van der Waals surface area contributed by atoms with Crippen molar-refractivity contribution in [3.05, 3.63) is 77.9 Å². The van der Waals surface area contributed by atoms with Gasteiger partial charge < -0.3 is 14.6 Å². The van der Waals surface area contributed by atoms with E-state index in [0.717, 1.165) is 16.7 Å². The summed E-state index contributed by atoms with van der Waals surface area (Å²) in [5, 5.41) is 9.46. The van der Waals surface area contributed by atoms with Gasteiger partial charge >= 0.3 is 12.1 Å². The summed E-state index contributed by atoms with van der Waals surface area (Å²) in [5.41, 5.74) is 2.84. The molecule has 146 valence electrons. The lowest BCUT2D eigenvalue weighted by molar-refractivity contribution is -0.141. The summed E-state index contributed by atoms with van der Waals surface area (Å²) in [7, 11) is 0. The Bertz CT molecular complexity index is 819. The first-order valence-corrected chi connectivity index (χ1v) is 9.10. The Balaban J connectivity index is 1.56. The standard InChI is InChI=1S/C22H23NO5/c1-2-16-8-10-18(11-9-16)14-27-19-12-20(21(24)25)23(13-19)22(26)28-15-17-6-4-3-5-7-17/h2-11,19-20H,1,12-15H2,(H,24,25)/t19-,20-/m0/s1. The summed E-state index contributed by atoms with van der Waals surface area (Å²) in [4.78, 5) is 25.2. The number of aliphatic carboxylic acids is 1. The number of nitrogens with zero attached hydrogens (tertiary/aromatic N) is 1. The number of hydrogen-bond donors (Lipinski definition) is 1. The van der Waals surface area contributed by atoms with E-state index < -0.39 is 18.1 Å². The molecule has 28 heavy (non-hydrogen) atoms. The molecule has 0 aromatic heterocycles. The number of ether oxygens (including phenoxy) is 2. The van der Waals surface area contributed by atoms with Gasteiger partial charge in [0.15, 0.2) is 0 Å². The second kappa shape index (κ2) is 9.19. The summed E-state index contributed by atoms with van der Waals surface area (Å²) in [6, 6.07) is 16.1. The van der Waals surface area contributed by atoms with Crippen molar-refractivity contribution in [2.75, 3.05) is 6.54 Å². The number of carboxylic acids is 1. The Kier molecular flexibility index (Phi) is 6.45. The maximum atomic E-state index is 12.4. The molecule has 1 fully saturated rings. The second-order valence-electron chi connectivity index (χ2n) is 6.66. The van der Waals surface area contributed by atoms with E-state index in [-0.39, 0.29) is 25.7 Å². The van der Waals surface area contributed by atoms with Crippen LogP contribution in [0.25, 0.3) is 6.08 Å². The number of carbonyl (C=O) groups excluding carboxylic acids is 1. The summed E-state index contributed by atoms with van der Waals surface area (Å²) in [6.45, 7) is 4.36. The predicted octanol–water partition coefficient (Wildman–Crippen LogP) is 3.71. The fraction of sp³-hybridized carbons (Fsp3) is 0.273. The van der Waals surface area contributed by atoms with Crippen molar-refractivity contribution in [3.63, 3.8) is 0 Å². The molecular weight excluding hydrogens is 358 g/mol. The van der Waals surface area contributed by atoms with E-state index in [0.29, 0.717) is 6.61 Å². The number of carbonyl (C=O) groups is 2. The fourth-order valence-electron chi connectivity index (χ4n) is 3.12. The Morgan fingerprint density at radius 1 is 1.07 bits per heavy atom. The molecule has 0 saturated carbocycles. The molecule has 6 nitrogen and oxygen atoms in total. The lowest BCUT2D eigenvalue weighted by atomic mass is 10.1. The Morgan fingerprint density at radius 3 is 2.39 bits per heavy atom. The quantitative estimate of drug-likeness (QED) is 0.791. The van der Waals surface area contributed by atoms with Crippen molar-refractivity contribution in [2.24, 2.45) is 0 Å². The average Bonchev–Trinajstić information content (AvgIpc) is 3.16. The lowest BCUT2D eigenvalue weighted by Gasteiger charge is -2.20. The molecule has 0 unspecified atom stereocenters. The van der Waals surface area contributed by atoms with Gasteiger partial charge in [-0.2, -0.15) is 0 Å². The van der Waals surface area contributed by atoms with Crippen molar-refractivity contribution >= 4 is 18.1 Å². The molecular formula is C22H23NO5. The van der Waals surface area contributed by atoms with Crippen molar-refractivity contribution in [1.29, 1.82) is 0 Å². The van der Waals surface area contributed by atoms with Crippen LogP contribution in [0.2, 0.25) is 0 Å². The van der Waals surface area contributed by atoms with Crippen LogP contribution in [0.4, 0.5) is 4.79 Å². The Hall–Kier alpha value is -3.12. The minimum atomic E-state index is -1.06. The second-order valence-corrected chi connectivity index (χ2v) is 6.66. The van der Waals surface area contributed by atoms with Gasteiger partial charge in [-0.3, -0.25) is 4.90 Å². The third kappa shape index (κ3) is 4.98. The summed E-state index contributed by atoms with van der Waals surface area (Å²) >= 11 is 0. The van der Waals surface area contributed by atoms with Gasteiger partial charge in [0.2, 0.25) is 0 Å². The largest absolute Gasteiger partial charge is 0.480 e. The molecule has 1 N–H and O–H groups in total. The highest BCUT2D eigenvalue weighted by Gasteiger charge is 2.41. The van der Waals surface area contributed by atoms with E-state index in [2.05, 4.69) is 6.58 Å². The van der Waals surface area contributed by atoms with Crippen LogP contribution in [-0.2, 0) is 27.5 Å². The number of rotatable bonds is 7. The lowest BCUT2D eigenvalue weighted by Crippen LogP contribution is -2.40. The van der Waals surface area contributed by atoms with Gasteiger partial charge in [-0.15, -0.1) is 0 Å². The van der Waals surface area contributed by atoms with Gasteiger partial charge in [0.25, 0.3) is 0 Å². The van der Waals surface area contributed by atoms with Gasteiger partial charge in [0.05, 0.1) is 19.3 Å². The van der Waals surface area contributed by atoms with E-state index in [1.54, 1.807) is 6.08 Å². The van der Waals surface area contributed by atoms with Crippen LogP contribution in [-0.4, -0.2) is 40.8 Å². The predicted molar refractivity (Wildman–Crippen MR) is 104 cm³/mol. The van der Waals surface area contributed by atoms with E-state index in [1.165, 1.54) is 4.90 Å². The Morgan fingerprint density at radius 2 is 1.75 bits per heavy atom. The zero-order chi connectivity index (χ0) is 19.9. The third-order valence-corrected chi connectivity index (χ3v) is 4.69. The van der Waals surface area contributed by atoms with E-state index >= 15 is 0 Å². The van der Waals surface area contributed by atoms with E-state index in [9.17, 15) is 14.7 Å². The molecule has 6 heteroatoms. The van der Waals surface area contributed by atoms with Crippen LogP contribution in [0.1, 0.15) is 23.1 Å². The van der Waals surface area contributed by atoms with Gasteiger partial charge in [0.1, 0.15) is 12.6 Å². The van der Waals surface area contributed by atoms with Crippen LogP contribution >= 0.6 is 0 Å². The van der Waals surface area contributed by atoms with Gasteiger partial charge in [-0.25, -0.2) is 9.59 Å². The zero-order valence-corrected chi connectivity index (χ0v) is 15.5. The molecule has 2 aromatic rings. The zero-order valence-electron chi connectivity index (χ0n) is 15.5. The molecule has 1 aliphatic heterocycles. The molecule has 0 aliphatic carbocycles. The topological polar surface area (TPSA) is 76.1 Å². The first kappa shape index (κ1) is 19.6. The third-order valence-electron chi connectivity index (χ3n) is 4.69. The first-order valence-electron chi connectivity index (χ1n) is 9.10. The SMILES string of the molecule is C=Cc1ccc(CO[C@H]2C[C@@H](C(=O)O)N(C(=O)OCc3ccccc3)C2)cc1. The molecule has 1 saturated heterocycles. The molecule has 2 atom stereocenters. The van der Waals surface area contributed by atoms with E-state index in [1.807, 2.05) is 54.6 Å². The highest BCUT2D eigenvalue weighted by Crippen LogP contribution is 2.23. The number of likely N-dealkylation sites (tertiary alicyclic amines) is 1. The highest BCUT2D eigenvalue weighted by atomic mass is 16.6. The van der Waals surface area contributed by atoms with E-state index in [4.69, 9.17) is 9.47 Å². The molecule has 3 rings (SSSR count). The molecule has 1 aliphatic rings. The Labute approximate surface area is 164 Å². The monoisotopic (exact) mass is 381 g/mol. The summed E-state index contributed by atoms with van der Waals surface area (Å²) < 4.78 is 11.1. The number of hydrogen-bond acceptors (Lipinski definition) is 4. The maximum absolute atomic E-state index is 12.4. The normalized spacial score (nSPS) is 18.6. The van der Waals surface area contributed by atoms with Crippen molar-refractivity contribution in [3.8, 4) is 0 Å². The fourth-order valence-corrected chi connectivity index (χ4v) is 3.12. The molecule has 0 radical (unpaired) electrons. The van der Waals surface area contributed by atoms with Crippen LogP contribution in [0.3, 0.4) is 0 Å². The van der Waals surface area contributed by atoms with Crippen LogP contribution in [0.5, 0.6) is 0 Å². The van der Waals surface area contributed by atoms with Gasteiger partial charge in [-0.05, 0) is 16.7 Å². The number of benzene rings is 2. The summed E-state index contributed by atoms with van der Waals surface area (Å²) in [6.07, 6.45) is 1.00. The van der Waals surface area contributed by atoms with Crippen LogP contribution < -0.4 is 0 Å². The minimum absolute atomic E-state index is 0.101. The average molecular weight is 381 g/mol. The molecule has 0 bridgehead atoms. The number of amides is 1. The smallest absolute Gasteiger partial charge is 0.410 e. The molecule has 1 heterocycles. The number of carboxylic acid groups (broad SMARTS) is 1.